The zero-order valence-electron chi connectivity index (χ0n) is 16.9. The van der Waals surface area contributed by atoms with Gasteiger partial charge in [-0.25, -0.2) is 0 Å². The molecule has 0 unspecified atom stereocenters. The molecule has 0 fully saturated rings. The maximum atomic E-state index is 12.6. The molecule has 0 bridgehead atoms. The summed E-state index contributed by atoms with van der Waals surface area (Å²) in [6, 6.07) is 10.6. The van der Waals surface area contributed by atoms with Gasteiger partial charge in [-0.1, -0.05) is 29.8 Å². The van der Waals surface area contributed by atoms with Crippen molar-refractivity contribution in [1.82, 2.24) is 9.88 Å². The highest BCUT2D eigenvalue weighted by Gasteiger charge is 2.34. The number of nitrogens with zero attached hydrogens (tertiary/aromatic N) is 1. The Morgan fingerprint density at radius 3 is 2.48 bits per heavy atom. The number of aromatic nitrogens is 1. The number of carbonyl (C=O) groups is 3. The fourth-order valence-electron chi connectivity index (χ4n) is 3.88. The number of hydrogen-bond acceptors (Lipinski definition) is 5. The standard InChI is InChI=1S/C23H21ClN2O5/c1-2-30-9-10-31-8-7-26-14(13-27)11-17-19(26)12-16(15-5-3-4-6-18(15)24)20-21(17)23(29)25-22(20)28/h3-6,11-13H,2,7-10H2,1H3,(H,25,28,29). The van der Waals surface area contributed by atoms with E-state index < -0.39 is 11.8 Å². The lowest BCUT2D eigenvalue weighted by molar-refractivity contribution is 0.0498. The van der Waals surface area contributed by atoms with Crippen LogP contribution in [-0.4, -0.2) is 49.1 Å². The van der Waals surface area contributed by atoms with Gasteiger partial charge in [-0.05, 0) is 30.7 Å². The molecule has 7 nitrogen and oxygen atoms in total. The van der Waals surface area contributed by atoms with Crippen LogP contribution in [0.2, 0.25) is 5.02 Å². The highest BCUT2D eigenvalue weighted by atomic mass is 35.5. The first-order chi connectivity index (χ1) is 15.1. The van der Waals surface area contributed by atoms with Gasteiger partial charge in [0.1, 0.15) is 0 Å². The van der Waals surface area contributed by atoms with Crippen molar-refractivity contribution in [2.45, 2.75) is 13.5 Å². The summed E-state index contributed by atoms with van der Waals surface area (Å²) in [4.78, 5) is 37.0. The molecule has 0 atom stereocenters. The van der Waals surface area contributed by atoms with Crippen molar-refractivity contribution in [3.8, 4) is 11.1 Å². The van der Waals surface area contributed by atoms with Crippen molar-refractivity contribution < 1.29 is 23.9 Å². The number of amides is 2. The van der Waals surface area contributed by atoms with Gasteiger partial charge in [0.05, 0.1) is 42.2 Å². The van der Waals surface area contributed by atoms with E-state index in [1.807, 2.05) is 13.0 Å². The van der Waals surface area contributed by atoms with Crippen molar-refractivity contribution in [3.05, 3.63) is 58.2 Å². The van der Waals surface area contributed by atoms with Crippen molar-refractivity contribution >= 4 is 40.6 Å². The largest absolute Gasteiger partial charge is 0.379 e. The topological polar surface area (TPSA) is 86.6 Å². The summed E-state index contributed by atoms with van der Waals surface area (Å²) in [5.41, 5.74) is 2.78. The number of nitrogens with one attached hydrogen (secondary N) is 1. The Hall–Kier alpha value is -3.00. The average molecular weight is 441 g/mol. The molecule has 1 aliphatic heterocycles. The third kappa shape index (κ3) is 3.87. The molecule has 160 valence electrons. The molecule has 8 heteroatoms. The number of benzene rings is 2. The molecule has 0 saturated carbocycles. The summed E-state index contributed by atoms with van der Waals surface area (Å²) < 4.78 is 12.7. The number of fused-ring (bicyclic) bond motifs is 3. The van der Waals surface area contributed by atoms with E-state index in [2.05, 4.69) is 5.32 Å². The minimum atomic E-state index is -0.485. The molecule has 4 rings (SSSR count). The van der Waals surface area contributed by atoms with Crippen molar-refractivity contribution in [2.75, 3.05) is 26.4 Å². The minimum absolute atomic E-state index is 0.261. The fourth-order valence-corrected chi connectivity index (χ4v) is 4.12. The van der Waals surface area contributed by atoms with Gasteiger partial charge in [0.15, 0.2) is 6.29 Å². The van der Waals surface area contributed by atoms with E-state index in [4.69, 9.17) is 21.1 Å². The second kappa shape index (κ2) is 9.01. The van der Waals surface area contributed by atoms with Gasteiger partial charge in [0, 0.05) is 29.1 Å². The molecule has 31 heavy (non-hydrogen) atoms. The molecule has 1 aliphatic rings. The highest BCUT2D eigenvalue weighted by molar-refractivity contribution is 6.35. The molecule has 1 aromatic heterocycles. The number of halogens is 1. The van der Waals surface area contributed by atoms with Crippen LogP contribution >= 0.6 is 11.6 Å². The molecule has 2 aromatic carbocycles. The van der Waals surface area contributed by atoms with Gasteiger partial charge < -0.3 is 14.0 Å². The van der Waals surface area contributed by atoms with E-state index in [0.29, 0.717) is 65.7 Å². The zero-order valence-corrected chi connectivity index (χ0v) is 17.7. The second-order valence-corrected chi connectivity index (χ2v) is 7.43. The van der Waals surface area contributed by atoms with Gasteiger partial charge in [0.25, 0.3) is 11.8 Å². The Kier molecular flexibility index (Phi) is 6.18. The third-order valence-electron chi connectivity index (χ3n) is 5.24. The molecular weight excluding hydrogens is 420 g/mol. The normalized spacial score (nSPS) is 13.0. The van der Waals surface area contributed by atoms with Gasteiger partial charge in [0.2, 0.25) is 0 Å². The Balaban J connectivity index is 1.83. The average Bonchev–Trinajstić information content (AvgIpc) is 3.27. The van der Waals surface area contributed by atoms with Gasteiger partial charge >= 0.3 is 0 Å². The first kappa shape index (κ1) is 21.2. The number of hydrogen-bond donors (Lipinski definition) is 1. The molecule has 0 radical (unpaired) electrons. The van der Waals surface area contributed by atoms with Crippen molar-refractivity contribution in [2.24, 2.45) is 0 Å². The Morgan fingerprint density at radius 1 is 1.00 bits per heavy atom. The molecule has 2 amide bonds. The summed E-state index contributed by atoms with van der Waals surface area (Å²) in [6.45, 7) is 4.24. The predicted molar refractivity (Wildman–Crippen MR) is 117 cm³/mol. The van der Waals surface area contributed by atoms with Crippen LogP contribution in [0.25, 0.3) is 22.0 Å². The van der Waals surface area contributed by atoms with Gasteiger partial charge in [-0.3, -0.25) is 19.7 Å². The smallest absolute Gasteiger partial charge is 0.259 e. The second-order valence-electron chi connectivity index (χ2n) is 7.02. The lowest BCUT2D eigenvalue weighted by Crippen LogP contribution is -2.20. The summed E-state index contributed by atoms with van der Waals surface area (Å²) in [7, 11) is 0. The quantitative estimate of drug-likeness (QED) is 0.311. The van der Waals surface area contributed by atoms with Crippen LogP contribution in [-0.2, 0) is 16.0 Å². The number of aldehydes is 1. The number of rotatable bonds is 9. The summed E-state index contributed by atoms with van der Waals surface area (Å²) in [5.74, 6) is -0.960. The maximum Gasteiger partial charge on any atom is 0.259 e. The Bertz CT molecular complexity index is 1180. The first-order valence-corrected chi connectivity index (χ1v) is 10.4. The molecule has 0 spiro atoms. The van der Waals surface area contributed by atoms with Crippen LogP contribution < -0.4 is 5.32 Å². The SMILES string of the molecule is CCOCCOCCn1c(C=O)cc2c3c(c(-c4ccccc4Cl)cc21)C(=O)NC3=O. The molecule has 2 heterocycles. The molecule has 0 aliphatic carbocycles. The third-order valence-corrected chi connectivity index (χ3v) is 5.57. The highest BCUT2D eigenvalue weighted by Crippen LogP contribution is 2.39. The van der Waals surface area contributed by atoms with E-state index >= 15 is 0 Å². The molecule has 0 saturated heterocycles. The van der Waals surface area contributed by atoms with Gasteiger partial charge in [-0.2, -0.15) is 0 Å². The minimum Gasteiger partial charge on any atom is -0.379 e. The molecule has 1 N–H and O–H groups in total. The summed E-state index contributed by atoms with van der Waals surface area (Å²) in [6.07, 6.45) is 0.733. The fraction of sp³-hybridized carbons (Fsp3) is 0.261. The zero-order chi connectivity index (χ0) is 22.0. The maximum absolute atomic E-state index is 12.6. The van der Waals surface area contributed by atoms with Crippen molar-refractivity contribution in [1.29, 1.82) is 0 Å². The lowest BCUT2D eigenvalue weighted by atomic mass is 9.94. The number of imide groups is 1. The molecule has 3 aromatic rings. The summed E-state index contributed by atoms with van der Waals surface area (Å²) >= 11 is 6.40. The summed E-state index contributed by atoms with van der Waals surface area (Å²) in [5, 5.41) is 3.37. The number of carbonyl (C=O) groups excluding carboxylic acids is 3. The van der Waals surface area contributed by atoms with Crippen LogP contribution in [0.4, 0.5) is 0 Å². The van der Waals surface area contributed by atoms with Crippen molar-refractivity contribution in [3.63, 3.8) is 0 Å². The molecular formula is C23H21ClN2O5. The van der Waals surface area contributed by atoms with Gasteiger partial charge in [-0.15, -0.1) is 0 Å². The Morgan fingerprint density at radius 2 is 1.74 bits per heavy atom. The van der Waals surface area contributed by atoms with Crippen LogP contribution in [0, 0.1) is 0 Å². The van der Waals surface area contributed by atoms with Crippen LogP contribution in [0.1, 0.15) is 38.1 Å². The van der Waals surface area contributed by atoms with E-state index in [0.717, 1.165) is 6.29 Å². The van der Waals surface area contributed by atoms with E-state index in [-0.39, 0.29) is 11.1 Å². The van der Waals surface area contributed by atoms with Crippen LogP contribution in [0.5, 0.6) is 0 Å². The predicted octanol–water partition coefficient (Wildman–Crippen LogP) is 3.71. The number of ether oxygens (including phenoxy) is 2. The van der Waals surface area contributed by atoms with Crippen LogP contribution in [0.15, 0.2) is 36.4 Å². The van der Waals surface area contributed by atoms with E-state index in [1.165, 1.54) is 0 Å². The van der Waals surface area contributed by atoms with E-state index in [9.17, 15) is 14.4 Å². The van der Waals surface area contributed by atoms with Crippen LogP contribution in [0.3, 0.4) is 0 Å². The monoisotopic (exact) mass is 440 g/mol. The lowest BCUT2D eigenvalue weighted by Gasteiger charge is -2.13. The van der Waals surface area contributed by atoms with E-state index in [1.54, 1.807) is 34.9 Å². The Labute approximate surface area is 183 Å². The first-order valence-electron chi connectivity index (χ1n) is 9.98.